The number of anilines is 1. The zero-order valence-electron chi connectivity index (χ0n) is 17.2. The first-order chi connectivity index (χ1) is 15.5. The molecule has 0 fully saturated rings. The summed E-state index contributed by atoms with van der Waals surface area (Å²) in [7, 11) is 0. The van der Waals surface area contributed by atoms with E-state index < -0.39 is 0 Å². The molecule has 6 nitrogen and oxygen atoms in total. The summed E-state index contributed by atoms with van der Waals surface area (Å²) in [6, 6.07) is 21.8. The van der Waals surface area contributed by atoms with Gasteiger partial charge in [0, 0.05) is 10.2 Å². The fourth-order valence-electron chi connectivity index (χ4n) is 3.16. The van der Waals surface area contributed by atoms with Crippen LogP contribution in [-0.2, 0) is 4.79 Å². The molecule has 0 unspecified atom stereocenters. The number of rotatable bonds is 7. The Hall–Kier alpha value is -3.10. The van der Waals surface area contributed by atoms with E-state index in [9.17, 15) is 9.59 Å². The van der Waals surface area contributed by atoms with Crippen molar-refractivity contribution in [3.05, 3.63) is 87.6 Å². The molecule has 0 aliphatic heterocycles. The molecule has 0 radical (unpaired) electrons. The molecule has 8 heteroatoms. The second-order valence-corrected chi connectivity index (χ2v) is 8.68. The molecular formula is C24H20BrN3O3S. The fraction of sp³-hybridized carbons (Fsp3) is 0.125. The first kappa shape index (κ1) is 22.1. The topological polar surface area (TPSA) is 73.2 Å². The van der Waals surface area contributed by atoms with E-state index in [0.717, 1.165) is 10.2 Å². The van der Waals surface area contributed by atoms with Crippen molar-refractivity contribution in [2.75, 3.05) is 17.7 Å². The molecule has 1 amide bonds. The Morgan fingerprint density at radius 2 is 1.78 bits per heavy atom. The number of fused-ring (bicyclic) bond motifs is 1. The van der Waals surface area contributed by atoms with E-state index in [1.807, 2.05) is 67.6 Å². The van der Waals surface area contributed by atoms with E-state index in [2.05, 4.69) is 26.2 Å². The van der Waals surface area contributed by atoms with Crippen molar-refractivity contribution in [2.45, 2.75) is 12.1 Å². The van der Waals surface area contributed by atoms with Gasteiger partial charge in [-0.1, -0.05) is 39.8 Å². The lowest BCUT2D eigenvalue weighted by atomic mass is 10.2. The molecule has 0 aliphatic rings. The number of carbonyl (C=O) groups is 1. The SMILES string of the molecule is CCOc1ccc(-n2c(SCC(=O)Nc3ccc(Br)cc3)nc3ccccc3c2=O)cc1. The third kappa shape index (κ3) is 5.03. The minimum Gasteiger partial charge on any atom is -0.494 e. The minimum atomic E-state index is -0.185. The molecule has 1 N–H and O–H groups in total. The molecule has 0 atom stereocenters. The predicted molar refractivity (Wildman–Crippen MR) is 132 cm³/mol. The normalized spacial score (nSPS) is 10.8. The van der Waals surface area contributed by atoms with Gasteiger partial charge in [-0.3, -0.25) is 14.2 Å². The number of nitrogens with one attached hydrogen (secondary N) is 1. The van der Waals surface area contributed by atoms with Gasteiger partial charge in [-0.25, -0.2) is 4.98 Å². The van der Waals surface area contributed by atoms with Gasteiger partial charge in [-0.05, 0) is 67.6 Å². The van der Waals surface area contributed by atoms with Gasteiger partial charge in [0.25, 0.3) is 5.56 Å². The van der Waals surface area contributed by atoms with Crippen LogP contribution in [0.3, 0.4) is 0 Å². The number of hydrogen-bond acceptors (Lipinski definition) is 5. The lowest BCUT2D eigenvalue weighted by molar-refractivity contribution is -0.113. The molecule has 0 spiro atoms. The summed E-state index contributed by atoms with van der Waals surface area (Å²) in [5.41, 5.74) is 1.77. The molecule has 0 bridgehead atoms. The van der Waals surface area contributed by atoms with E-state index >= 15 is 0 Å². The number of para-hydroxylation sites is 1. The molecule has 1 aromatic heterocycles. The molecule has 0 saturated carbocycles. The smallest absolute Gasteiger partial charge is 0.266 e. The Kier molecular flexibility index (Phi) is 6.92. The largest absolute Gasteiger partial charge is 0.494 e. The molecule has 3 aromatic carbocycles. The molecule has 1 heterocycles. The maximum atomic E-state index is 13.3. The summed E-state index contributed by atoms with van der Waals surface area (Å²) in [6.45, 7) is 2.48. The lowest BCUT2D eigenvalue weighted by Crippen LogP contribution is -2.23. The Morgan fingerprint density at radius 3 is 2.50 bits per heavy atom. The molecule has 32 heavy (non-hydrogen) atoms. The van der Waals surface area contributed by atoms with Gasteiger partial charge in [-0.15, -0.1) is 0 Å². The second kappa shape index (κ2) is 10.0. The molecule has 0 saturated heterocycles. The lowest BCUT2D eigenvalue weighted by Gasteiger charge is -2.14. The van der Waals surface area contributed by atoms with Crippen LogP contribution >= 0.6 is 27.7 Å². The standard InChI is InChI=1S/C24H20BrN3O3S/c1-2-31-19-13-11-18(12-14-19)28-23(30)20-5-3-4-6-21(20)27-24(28)32-15-22(29)26-17-9-7-16(25)8-10-17/h3-14H,2,15H2,1H3,(H,26,29). The average molecular weight is 510 g/mol. The highest BCUT2D eigenvalue weighted by Crippen LogP contribution is 2.23. The summed E-state index contributed by atoms with van der Waals surface area (Å²) in [6.07, 6.45) is 0. The van der Waals surface area contributed by atoms with E-state index in [-0.39, 0.29) is 17.2 Å². The number of carbonyl (C=O) groups excluding carboxylic acids is 1. The molecule has 0 aliphatic carbocycles. The van der Waals surface area contributed by atoms with Crippen LogP contribution in [0, 0.1) is 0 Å². The van der Waals surface area contributed by atoms with Gasteiger partial charge in [0.05, 0.1) is 29.0 Å². The molecular weight excluding hydrogens is 490 g/mol. The van der Waals surface area contributed by atoms with Crippen LogP contribution in [0.15, 0.2) is 87.2 Å². The number of aromatic nitrogens is 2. The van der Waals surface area contributed by atoms with Crippen molar-refractivity contribution < 1.29 is 9.53 Å². The van der Waals surface area contributed by atoms with Crippen LogP contribution < -0.4 is 15.6 Å². The first-order valence-corrected chi connectivity index (χ1v) is 11.8. The minimum absolute atomic E-state index is 0.109. The van der Waals surface area contributed by atoms with Gasteiger partial charge in [0.1, 0.15) is 5.75 Å². The maximum absolute atomic E-state index is 13.3. The highest BCUT2D eigenvalue weighted by atomic mass is 79.9. The molecule has 4 rings (SSSR count). The van der Waals surface area contributed by atoms with Gasteiger partial charge in [0.2, 0.25) is 5.91 Å². The number of nitrogens with zero attached hydrogens (tertiary/aromatic N) is 2. The number of ether oxygens (including phenoxy) is 1. The predicted octanol–water partition coefficient (Wildman–Crippen LogP) is 5.28. The van der Waals surface area contributed by atoms with Crippen LogP contribution in [0.5, 0.6) is 5.75 Å². The van der Waals surface area contributed by atoms with E-state index in [1.54, 1.807) is 12.1 Å². The van der Waals surface area contributed by atoms with Crippen molar-refractivity contribution in [1.82, 2.24) is 9.55 Å². The zero-order chi connectivity index (χ0) is 22.5. The van der Waals surface area contributed by atoms with E-state index in [1.165, 1.54) is 16.3 Å². The van der Waals surface area contributed by atoms with Gasteiger partial charge in [-0.2, -0.15) is 0 Å². The van der Waals surface area contributed by atoms with Gasteiger partial charge < -0.3 is 10.1 Å². The Balaban J connectivity index is 1.64. The number of amides is 1. The van der Waals surface area contributed by atoms with Gasteiger partial charge in [0.15, 0.2) is 5.16 Å². The third-order valence-electron chi connectivity index (χ3n) is 4.61. The highest BCUT2D eigenvalue weighted by Gasteiger charge is 2.15. The average Bonchev–Trinajstić information content (AvgIpc) is 2.80. The van der Waals surface area contributed by atoms with E-state index in [4.69, 9.17) is 4.74 Å². The van der Waals surface area contributed by atoms with E-state index in [0.29, 0.717) is 34.0 Å². The van der Waals surface area contributed by atoms with Gasteiger partial charge >= 0.3 is 0 Å². The van der Waals surface area contributed by atoms with Crippen LogP contribution in [0.2, 0.25) is 0 Å². The molecule has 4 aromatic rings. The Morgan fingerprint density at radius 1 is 1.06 bits per heavy atom. The van der Waals surface area contributed by atoms with Crippen LogP contribution in [-0.4, -0.2) is 27.8 Å². The third-order valence-corrected chi connectivity index (χ3v) is 6.08. The number of thioether (sulfide) groups is 1. The first-order valence-electron chi connectivity index (χ1n) is 9.98. The van der Waals surface area contributed by atoms with Crippen molar-refractivity contribution in [1.29, 1.82) is 0 Å². The highest BCUT2D eigenvalue weighted by molar-refractivity contribution is 9.10. The van der Waals surface area contributed by atoms with Crippen molar-refractivity contribution >= 4 is 50.2 Å². The van der Waals surface area contributed by atoms with Crippen LogP contribution in [0.4, 0.5) is 5.69 Å². The summed E-state index contributed by atoms with van der Waals surface area (Å²) in [5, 5.41) is 3.83. The van der Waals surface area contributed by atoms with Crippen molar-refractivity contribution in [3.63, 3.8) is 0 Å². The van der Waals surface area contributed by atoms with Crippen molar-refractivity contribution in [3.8, 4) is 11.4 Å². The summed E-state index contributed by atoms with van der Waals surface area (Å²) in [5.74, 6) is 0.650. The Bertz CT molecular complexity index is 1310. The summed E-state index contributed by atoms with van der Waals surface area (Å²) in [4.78, 5) is 30.5. The molecule has 162 valence electrons. The summed E-state index contributed by atoms with van der Waals surface area (Å²) >= 11 is 4.59. The zero-order valence-corrected chi connectivity index (χ0v) is 19.7. The summed E-state index contributed by atoms with van der Waals surface area (Å²) < 4.78 is 7.98. The fourth-order valence-corrected chi connectivity index (χ4v) is 4.23. The number of halogens is 1. The second-order valence-electron chi connectivity index (χ2n) is 6.82. The Labute approximate surface area is 197 Å². The van der Waals surface area contributed by atoms with Crippen molar-refractivity contribution in [2.24, 2.45) is 0 Å². The van der Waals surface area contributed by atoms with Crippen LogP contribution in [0.1, 0.15) is 6.92 Å². The quantitative estimate of drug-likeness (QED) is 0.271. The maximum Gasteiger partial charge on any atom is 0.266 e. The monoisotopic (exact) mass is 509 g/mol. The number of benzene rings is 3. The number of hydrogen-bond donors (Lipinski definition) is 1. The van der Waals surface area contributed by atoms with Crippen LogP contribution in [0.25, 0.3) is 16.6 Å².